The van der Waals surface area contributed by atoms with Gasteiger partial charge >= 0.3 is 5.97 Å². The normalized spacial score (nSPS) is 16.1. The van der Waals surface area contributed by atoms with Crippen molar-refractivity contribution in [1.82, 2.24) is 5.32 Å². The predicted molar refractivity (Wildman–Crippen MR) is 71.6 cm³/mol. The monoisotopic (exact) mass is 272 g/mol. The predicted octanol–water partition coefficient (Wildman–Crippen LogP) is 1.95. The van der Waals surface area contributed by atoms with Crippen molar-refractivity contribution in [2.75, 3.05) is 6.61 Å². The van der Waals surface area contributed by atoms with E-state index in [1.165, 1.54) is 6.07 Å². The van der Waals surface area contributed by atoms with Crippen LogP contribution >= 0.6 is 0 Å². The lowest BCUT2D eigenvalue weighted by molar-refractivity contribution is -0.116. The van der Waals surface area contributed by atoms with E-state index in [9.17, 15) is 9.59 Å². The largest absolute Gasteiger partial charge is 0.462 e. The van der Waals surface area contributed by atoms with Crippen molar-refractivity contribution in [3.8, 4) is 0 Å². The van der Waals surface area contributed by atoms with Crippen LogP contribution in [0.4, 0.5) is 5.69 Å². The molecule has 0 fully saturated rings. The molecule has 0 bridgehead atoms. The van der Waals surface area contributed by atoms with Crippen LogP contribution in [-0.2, 0) is 9.53 Å². The number of hydrogen-bond donors (Lipinski definition) is 1. The molecule has 0 radical (unpaired) electrons. The zero-order valence-corrected chi connectivity index (χ0v) is 10.8. The van der Waals surface area contributed by atoms with E-state index in [4.69, 9.17) is 4.74 Å². The first-order chi connectivity index (χ1) is 9.60. The first-order valence-corrected chi connectivity index (χ1v) is 5.88. The molecule has 0 aromatic heterocycles. The topological polar surface area (TPSA) is 92.5 Å². The van der Waals surface area contributed by atoms with Gasteiger partial charge in [-0.15, -0.1) is 10.2 Å². The van der Waals surface area contributed by atoms with Crippen LogP contribution < -0.4 is 5.32 Å². The molecule has 1 N–H and O–H groups in total. The molecule has 0 spiro atoms. The highest BCUT2D eigenvalue weighted by Gasteiger charge is 2.15. The van der Waals surface area contributed by atoms with Gasteiger partial charge in [-0.1, -0.05) is 12.6 Å². The second kappa shape index (κ2) is 5.87. The number of benzene rings is 1. The first-order valence-electron chi connectivity index (χ1n) is 5.88. The van der Waals surface area contributed by atoms with Crippen molar-refractivity contribution < 1.29 is 14.3 Å². The number of azo groups is 1. The van der Waals surface area contributed by atoms with Gasteiger partial charge in [0.25, 0.3) is 5.91 Å². The van der Waals surface area contributed by atoms with Crippen molar-refractivity contribution in [2.45, 2.75) is 6.92 Å². The summed E-state index contributed by atoms with van der Waals surface area (Å²) >= 11 is 0. The Kier molecular flexibility index (Phi) is 3.99. The maximum atomic E-state index is 11.6. The molecule has 7 nitrogen and oxygen atoms in total. The minimum atomic E-state index is -0.458. The number of esters is 1. The lowest BCUT2D eigenvalue weighted by atomic mass is 10.2. The molecule has 20 heavy (non-hydrogen) atoms. The van der Waals surface area contributed by atoms with Gasteiger partial charge < -0.3 is 4.74 Å². The summed E-state index contributed by atoms with van der Waals surface area (Å²) in [7, 11) is 0. The third-order valence-electron chi connectivity index (χ3n) is 2.35. The maximum absolute atomic E-state index is 11.6. The molecule has 0 saturated heterocycles. The number of hydrogen-bond acceptors (Lipinski definition) is 5. The molecule has 1 aliphatic rings. The fourth-order valence-corrected chi connectivity index (χ4v) is 1.44. The van der Waals surface area contributed by atoms with Crippen LogP contribution in [0.15, 0.2) is 51.8 Å². The maximum Gasteiger partial charge on any atom is 0.338 e. The van der Waals surface area contributed by atoms with E-state index >= 15 is 0 Å². The Labute approximate surface area is 115 Å². The zero-order chi connectivity index (χ0) is 14.5. The summed E-state index contributed by atoms with van der Waals surface area (Å²) in [6.45, 7) is 5.43. The summed E-state index contributed by atoms with van der Waals surface area (Å²) in [6, 6.07) is 6.48. The van der Waals surface area contributed by atoms with Crippen molar-refractivity contribution in [3.63, 3.8) is 0 Å². The number of guanidine groups is 1. The van der Waals surface area contributed by atoms with E-state index < -0.39 is 11.9 Å². The molecule has 1 aromatic carbocycles. The SMILES string of the molecule is C=C1N=NC(=Nc2cccc(C(=O)OCC)c2)NC1=O. The second-order valence-electron chi connectivity index (χ2n) is 3.81. The van der Waals surface area contributed by atoms with E-state index in [2.05, 4.69) is 27.1 Å². The van der Waals surface area contributed by atoms with Crippen molar-refractivity contribution >= 4 is 23.5 Å². The fraction of sp³-hybridized carbons (Fsp3) is 0.154. The molecule has 0 saturated carbocycles. The van der Waals surface area contributed by atoms with Crippen LogP contribution in [0.3, 0.4) is 0 Å². The van der Waals surface area contributed by atoms with Gasteiger partial charge in [0, 0.05) is 0 Å². The van der Waals surface area contributed by atoms with E-state index in [1.54, 1.807) is 25.1 Å². The smallest absolute Gasteiger partial charge is 0.338 e. The lowest BCUT2D eigenvalue weighted by Crippen LogP contribution is -2.32. The number of nitrogens with one attached hydrogen (secondary N) is 1. The third-order valence-corrected chi connectivity index (χ3v) is 2.35. The van der Waals surface area contributed by atoms with E-state index in [0.29, 0.717) is 17.9 Å². The summed E-state index contributed by atoms with van der Waals surface area (Å²) in [5.74, 6) is -0.846. The number of aliphatic imine (C=N–C) groups is 1. The minimum Gasteiger partial charge on any atom is -0.462 e. The molecule has 0 aliphatic carbocycles. The van der Waals surface area contributed by atoms with Gasteiger partial charge in [0.1, 0.15) is 5.70 Å². The quantitative estimate of drug-likeness (QED) is 0.673. The molecule has 102 valence electrons. The molecule has 1 amide bonds. The van der Waals surface area contributed by atoms with Crippen molar-refractivity contribution in [2.24, 2.45) is 15.2 Å². The number of nitrogens with zero attached hydrogens (tertiary/aromatic N) is 3. The van der Waals surface area contributed by atoms with Crippen LogP contribution in [0.5, 0.6) is 0 Å². The van der Waals surface area contributed by atoms with E-state index in [-0.39, 0.29) is 11.7 Å². The van der Waals surface area contributed by atoms with Gasteiger partial charge in [-0.05, 0) is 25.1 Å². The first kappa shape index (κ1) is 13.6. The number of amides is 1. The standard InChI is InChI=1S/C13H12N4O3/c1-3-20-12(19)9-5-4-6-10(7-9)14-13-15-11(18)8(2)16-17-13/h4-7H,2-3H2,1H3,(H,14,15,18). The Morgan fingerprint density at radius 3 is 2.95 bits per heavy atom. The van der Waals surface area contributed by atoms with Crippen LogP contribution in [0.25, 0.3) is 0 Å². The molecule has 1 aromatic rings. The van der Waals surface area contributed by atoms with Crippen LogP contribution in [0, 0.1) is 0 Å². The van der Waals surface area contributed by atoms with Gasteiger partial charge in [0.15, 0.2) is 0 Å². The van der Waals surface area contributed by atoms with Gasteiger partial charge in [-0.2, -0.15) is 0 Å². The molecule has 0 unspecified atom stereocenters. The summed E-state index contributed by atoms with van der Waals surface area (Å²) in [5, 5.41) is 9.69. The Morgan fingerprint density at radius 2 is 2.25 bits per heavy atom. The summed E-state index contributed by atoms with van der Waals surface area (Å²) in [4.78, 5) is 27.0. The average Bonchev–Trinajstić information content (AvgIpc) is 2.43. The number of carbonyl (C=O) groups excluding carboxylic acids is 2. The summed E-state index contributed by atoms with van der Waals surface area (Å²) in [6.07, 6.45) is 0. The highest BCUT2D eigenvalue weighted by atomic mass is 16.5. The van der Waals surface area contributed by atoms with Gasteiger partial charge in [0.05, 0.1) is 17.9 Å². The Balaban J connectivity index is 2.24. The Morgan fingerprint density at radius 1 is 1.45 bits per heavy atom. The number of rotatable bonds is 3. The highest BCUT2D eigenvalue weighted by Crippen LogP contribution is 2.16. The average molecular weight is 272 g/mol. The van der Waals surface area contributed by atoms with Gasteiger partial charge in [-0.25, -0.2) is 9.79 Å². The van der Waals surface area contributed by atoms with Gasteiger partial charge in [0.2, 0.25) is 5.96 Å². The lowest BCUT2D eigenvalue weighted by Gasteiger charge is -2.08. The third kappa shape index (κ3) is 3.14. The zero-order valence-electron chi connectivity index (χ0n) is 10.8. The summed E-state index contributed by atoms with van der Waals surface area (Å²) in [5.41, 5.74) is 0.846. The van der Waals surface area contributed by atoms with E-state index in [0.717, 1.165) is 0 Å². The van der Waals surface area contributed by atoms with Crippen molar-refractivity contribution in [3.05, 3.63) is 42.1 Å². The summed E-state index contributed by atoms with van der Waals surface area (Å²) < 4.78 is 4.89. The van der Waals surface area contributed by atoms with Crippen LogP contribution in [0.2, 0.25) is 0 Å². The van der Waals surface area contributed by atoms with Gasteiger partial charge in [-0.3, -0.25) is 10.1 Å². The number of carbonyl (C=O) groups is 2. The van der Waals surface area contributed by atoms with E-state index in [1.807, 2.05) is 0 Å². The molecule has 1 aliphatic heterocycles. The molecule has 2 rings (SSSR count). The molecule has 0 atom stereocenters. The number of ether oxygens (including phenoxy) is 1. The van der Waals surface area contributed by atoms with Crippen molar-refractivity contribution in [1.29, 1.82) is 0 Å². The highest BCUT2D eigenvalue weighted by molar-refractivity contribution is 6.07. The molecule has 7 heteroatoms. The Hall–Kier alpha value is -2.83. The molecular weight excluding hydrogens is 260 g/mol. The molecule has 1 heterocycles. The molecular formula is C13H12N4O3. The van der Waals surface area contributed by atoms with Crippen LogP contribution in [-0.4, -0.2) is 24.4 Å². The second-order valence-corrected chi connectivity index (χ2v) is 3.81. The van der Waals surface area contributed by atoms with Crippen LogP contribution in [0.1, 0.15) is 17.3 Å². The fourth-order valence-electron chi connectivity index (χ4n) is 1.44. The minimum absolute atomic E-state index is 0.0178. The Bertz CT molecular complexity index is 634.